The van der Waals surface area contributed by atoms with Gasteiger partial charge in [0.15, 0.2) is 34.9 Å². The van der Waals surface area contributed by atoms with Gasteiger partial charge in [0.2, 0.25) is 12.6 Å². The zero-order valence-electron chi connectivity index (χ0n) is 44.4. The van der Waals surface area contributed by atoms with E-state index in [0.29, 0.717) is 11.1 Å². The molecule has 4 aliphatic rings. The average Bonchev–Trinajstić information content (AvgIpc) is 1.67. The van der Waals surface area contributed by atoms with Crippen molar-refractivity contribution in [1.82, 2.24) is 0 Å². The zero-order chi connectivity index (χ0) is 60.7. The Labute approximate surface area is 473 Å². The molecule has 4 saturated heterocycles. The normalized spacial score (nSPS) is 33.5. The number of phenols is 4. The summed E-state index contributed by atoms with van der Waals surface area (Å²) in [5.41, 5.74) is -0.530. The minimum absolute atomic E-state index is 0.0145. The van der Waals surface area contributed by atoms with Gasteiger partial charge in [-0.2, -0.15) is 0 Å². The highest BCUT2D eigenvalue weighted by molar-refractivity contribution is 5.87. The second kappa shape index (κ2) is 25.4. The molecule has 16 N–H and O–H groups in total. The van der Waals surface area contributed by atoms with Crippen LogP contribution < -0.4 is 25.1 Å². The number of phenolic OH excluding ortho intramolecular Hbond substituents is 4. The van der Waals surface area contributed by atoms with Gasteiger partial charge < -0.3 is 133 Å². The summed E-state index contributed by atoms with van der Waals surface area (Å²) in [5.74, 6) is -1.06. The maximum absolute atomic E-state index is 12.8. The maximum atomic E-state index is 12.8. The molecule has 0 unspecified atom stereocenters. The molecule has 10 rings (SSSR count). The maximum Gasteiger partial charge on any atom is 0.229 e. The van der Waals surface area contributed by atoms with Crippen molar-refractivity contribution in [2.45, 2.75) is 137 Å². The van der Waals surface area contributed by atoms with Gasteiger partial charge in [-0.1, -0.05) is 0 Å². The fourth-order valence-corrected chi connectivity index (χ4v) is 9.63. The van der Waals surface area contributed by atoms with Crippen LogP contribution in [0.1, 0.15) is 13.8 Å². The van der Waals surface area contributed by atoms with E-state index >= 15 is 0 Å². The van der Waals surface area contributed by atoms with E-state index in [0.717, 1.165) is 18.2 Å². The number of aliphatic hydroxyl groups excluding tert-OH is 12. The molecule has 29 heteroatoms. The number of aromatic hydroxyl groups is 4. The Morgan fingerprint density at radius 2 is 0.810 bits per heavy atom. The highest BCUT2D eigenvalue weighted by Crippen LogP contribution is 2.38. The summed E-state index contributed by atoms with van der Waals surface area (Å²) in [4.78, 5) is 25.5. The summed E-state index contributed by atoms with van der Waals surface area (Å²) in [6, 6.07) is 17.2. The van der Waals surface area contributed by atoms with Crippen LogP contribution in [0.5, 0.6) is 40.2 Å². The number of ether oxygens (including phenoxy) is 9. The molecule has 2 aromatic heterocycles. The number of hydrogen-bond acceptors (Lipinski definition) is 29. The molecular weight excluding hydrogens is 1120 g/mol. The van der Waals surface area contributed by atoms with E-state index in [1.165, 1.54) is 75.6 Å². The number of rotatable bonds is 13. The Balaban J connectivity index is 0.000000202. The van der Waals surface area contributed by atoms with Crippen LogP contribution in [0.25, 0.3) is 44.6 Å². The smallest absolute Gasteiger partial charge is 0.229 e. The molecule has 20 atom stereocenters. The van der Waals surface area contributed by atoms with Crippen molar-refractivity contribution < 1.29 is 133 Å². The van der Waals surface area contributed by atoms with Crippen LogP contribution in [0.2, 0.25) is 0 Å². The number of methoxy groups -OCH3 is 1. The van der Waals surface area contributed by atoms with Crippen LogP contribution in [0.15, 0.2) is 97.3 Å². The highest BCUT2D eigenvalue weighted by atomic mass is 16.7. The average molecular weight is 1190 g/mol. The first kappa shape index (κ1) is 61.7. The van der Waals surface area contributed by atoms with Crippen LogP contribution in [0, 0.1) is 0 Å². The summed E-state index contributed by atoms with van der Waals surface area (Å²) >= 11 is 0. The van der Waals surface area contributed by atoms with Crippen molar-refractivity contribution in [2.24, 2.45) is 0 Å². The lowest BCUT2D eigenvalue weighted by molar-refractivity contribution is -0.318. The first-order valence-electron chi connectivity index (χ1n) is 26.0. The van der Waals surface area contributed by atoms with Gasteiger partial charge in [-0.05, 0) is 56.3 Å². The van der Waals surface area contributed by atoms with Crippen LogP contribution in [-0.4, -0.2) is 225 Å². The van der Waals surface area contributed by atoms with Crippen molar-refractivity contribution in [3.05, 3.63) is 99.3 Å². The Morgan fingerprint density at radius 1 is 0.417 bits per heavy atom. The Hall–Kier alpha value is -6.82. The van der Waals surface area contributed by atoms with Crippen LogP contribution in [-0.2, 0) is 28.4 Å². The summed E-state index contributed by atoms with van der Waals surface area (Å²) in [7, 11) is 1.38. The van der Waals surface area contributed by atoms with E-state index in [-0.39, 0.29) is 62.2 Å². The van der Waals surface area contributed by atoms with Gasteiger partial charge >= 0.3 is 0 Å². The van der Waals surface area contributed by atoms with E-state index in [1.54, 1.807) is 6.07 Å². The lowest BCUT2D eigenvalue weighted by atomic mass is 9.98. The molecule has 6 aromatic rings. The molecule has 4 fully saturated rings. The molecule has 0 radical (unpaired) electrons. The third kappa shape index (κ3) is 12.7. The largest absolute Gasteiger partial charge is 0.508 e. The molecule has 4 aromatic carbocycles. The molecular formula is C55H62O29. The van der Waals surface area contributed by atoms with Crippen molar-refractivity contribution in [3.8, 4) is 62.9 Å². The predicted octanol–water partition coefficient (Wildman–Crippen LogP) is -2.19. The topological polar surface area (TPSA) is 467 Å². The minimum atomic E-state index is -1.78. The summed E-state index contributed by atoms with van der Waals surface area (Å²) < 4.78 is 60.8. The number of fused-ring (bicyclic) bond motifs is 2. The second-order valence-corrected chi connectivity index (χ2v) is 20.3. The van der Waals surface area contributed by atoms with E-state index in [9.17, 15) is 91.3 Å². The van der Waals surface area contributed by atoms with Gasteiger partial charge in [-0.15, -0.1) is 0 Å². The molecule has 0 saturated carbocycles. The summed E-state index contributed by atoms with van der Waals surface area (Å²) in [6.45, 7) is 1.92. The van der Waals surface area contributed by atoms with Crippen molar-refractivity contribution >= 4 is 21.9 Å². The fraction of sp³-hybridized carbons (Fsp3) is 0.455. The molecule has 4 aliphatic heterocycles. The zero-order valence-corrected chi connectivity index (χ0v) is 44.4. The Morgan fingerprint density at radius 3 is 1.23 bits per heavy atom. The van der Waals surface area contributed by atoms with Gasteiger partial charge in [-0.25, -0.2) is 0 Å². The fourth-order valence-electron chi connectivity index (χ4n) is 9.63. The standard InChI is InChI=1S/C28H32O15.C27H30O14/c1-10-21(32)23(34)25(36)27(40-10)39-9-19-22(33)24(35)26(37)28(43-19)41-12-6-14(30)20-15(31)8-17(42-18(20)7-12)11-3-4-16(38-2)13(29)5-11;1-10-20(31)22(33)24(35)26(38-10)37-9-18-21(32)23(34)25(36)27(41-18)39-13-6-14(29)19-15(30)8-16(40-17(19)7-13)11-2-4-12(28)5-3-11/h3-8,10,19,21-30,32-37H,9H2,1-2H3;2-8,10,18,20-29,31-36H,9H2,1H3/t10-,19+,21-,22+,23+,24-,25+,26+,27+,28+;10-,18+,20-,21+,22+,23-,24+,25+,26+,27+/m00/s1. The van der Waals surface area contributed by atoms with Gasteiger partial charge in [0.25, 0.3) is 0 Å². The van der Waals surface area contributed by atoms with Crippen LogP contribution >= 0.6 is 0 Å². The number of aliphatic hydroxyl groups is 12. The van der Waals surface area contributed by atoms with E-state index in [2.05, 4.69) is 0 Å². The third-order valence-electron chi connectivity index (χ3n) is 14.5. The second-order valence-electron chi connectivity index (χ2n) is 20.3. The Bertz CT molecular complexity index is 3370. The monoisotopic (exact) mass is 1190 g/mol. The van der Waals surface area contributed by atoms with Gasteiger partial charge in [0, 0.05) is 47.5 Å². The van der Waals surface area contributed by atoms with Crippen molar-refractivity contribution in [3.63, 3.8) is 0 Å². The highest BCUT2D eigenvalue weighted by Gasteiger charge is 2.49. The molecule has 84 heavy (non-hydrogen) atoms. The first-order valence-corrected chi connectivity index (χ1v) is 26.0. The van der Waals surface area contributed by atoms with Crippen LogP contribution in [0.3, 0.4) is 0 Å². The molecule has 6 heterocycles. The molecule has 456 valence electrons. The third-order valence-corrected chi connectivity index (χ3v) is 14.5. The predicted molar refractivity (Wildman–Crippen MR) is 280 cm³/mol. The van der Waals surface area contributed by atoms with E-state index < -0.39 is 158 Å². The summed E-state index contributed by atoms with van der Waals surface area (Å²) in [5, 5.41) is 163. The molecule has 0 aliphatic carbocycles. The molecule has 0 spiro atoms. The van der Waals surface area contributed by atoms with Crippen LogP contribution in [0.4, 0.5) is 0 Å². The molecule has 0 amide bonds. The van der Waals surface area contributed by atoms with E-state index in [4.69, 9.17) is 51.5 Å². The van der Waals surface area contributed by atoms with Gasteiger partial charge in [0.1, 0.15) is 148 Å². The van der Waals surface area contributed by atoms with Crippen molar-refractivity contribution in [1.29, 1.82) is 0 Å². The van der Waals surface area contributed by atoms with Gasteiger partial charge in [0.05, 0.1) is 32.5 Å². The lowest BCUT2D eigenvalue weighted by Gasteiger charge is -2.42. The van der Waals surface area contributed by atoms with E-state index in [1.807, 2.05) is 0 Å². The molecule has 0 bridgehead atoms. The quantitative estimate of drug-likeness (QED) is 0.0584. The van der Waals surface area contributed by atoms with Crippen molar-refractivity contribution in [2.75, 3.05) is 20.3 Å². The van der Waals surface area contributed by atoms with Gasteiger partial charge in [-0.3, -0.25) is 9.59 Å². The minimum Gasteiger partial charge on any atom is -0.508 e. The lowest BCUT2D eigenvalue weighted by Crippen LogP contribution is -2.61. The number of hydrogen-bond donors (Lipinski definition) is 16. The summed E-state index contributed by atoms with van der Waals surface area (Å²) in [6.07, 6.45) is -29.9. The number of benzene rings is 4. The Kier molecular flexibility index (Phi) is 18.7. The molecule has 29 nitrogen and oxygen atoms in total. The SMILES string of the molecule is COc1ccc(-c2cc(=O)c3c(O)cc(O[C@@H]4O[C@H](CO[C@@H]5O[C@@H](C)[C@H](O)[C@@H](O)[C@H]5O)[C@@H](O)[C@H](O)[C@H]4O)cc3o2)cc1O.C[C@@H]1O[C@@H](OC[C@H]2O[C@@H](Oc3cc(O)c4c(=O)cc(-c5ccc(O)cc5)oc4c3)[C@H](O)[C@@H](O)[C@@H]2O)[C@H](O)[C@H](O)[C@H]1O. The first-order chi connectivity index (χ1) is 39.8.